The normalized spacial score (nSPS) is 11.7. The molecule has 0 N–H and O–H groups in total. The maximum absolute atomic E-state index is 13.3. The first-order valence-corrected chi connectivity index (χ1v) is 11.4. The average Bonchev–Trinajstić information content (AvgIpc) is 3.30. The van der Waals surface area contributed by atoms with Gasteiger partial charge in [0.15, 0.2) is 0 Å². The summed E-state index contributed by atoms with van der Waals surface area (Å²) in [6, 6.07) is 24.9. The number of nitriles is 1. The number of aromatic nitrogens is 1. The summed E-state index contributed by atoms with van der Waals surface area (Å²) in [6.07, 6.45) is 0. The average molecular weight is 435 g/mol. The van der Waals surface area contributed by atoms with E-state index in [0.717, 1.165) is 27.3 Å². The number of halogens is 1. The van der Waals surface area contributed by atoms with Crippen molar-refractivity contribution < 1.29 is 4.21 Å². The second-order valence-corrected chi connectivity index (χ2v) is 9.06. The predicted molar refractivity (Wildman–Crippen MR) is 119 cm³/mol. The second-order valence-electron chi connectivity index (χ2n) is 6.31. The molecule has 0 spiro atoms. The van der Waals surface area contributed by atoms with Crippen LogP contribution in [0, 0.1) is 11.3 Å². The fourth-order valence-corrected chi connectivity index (χ4v) is 5.02. The Kier molecular flexibility index (Phi) is 5.86. The van der Waals surface area contributed by atoms with Crippen LogP contribution in [0.4, 0.5) is 0 Å². The van der Waals surface area contributed by atoms with Crippen LogP contribution in [0.2, 0.25) is 5.02 Å². The molecular weight excluding hydrogens is 420 g/mol. The van der Waals surface area contributed by atoms with Crippen LogP contribution in [0.25, 0.3) is 21.7 Å². The summed E-state index contributed by atoms with van der Waals surface area (Å²) in [5.74, 6) is 0.265. The maximum Gasteiger partial charge on any atom is 0.146 e. The molecule has 2 aromatic carbocycles. The molecule has 0 amide bonds. The van der Waals surface area contributed by atoms with Gasteiger partial charge in [-0.15, -0.1) is 11.3 Å². The number of hydrogen-bond acceptors (Lipinski definition) is 4. The van der Waals surface area contributed by atoms with Gasteiger partial charge in [-0.2, -0.15) is 5.26 Å². The minimum atomic E-state index is -1.48. The molecule has 0 aliphatic rings. The standard InChI is InChI=1S/C23H15ClN2OS2/c24-18-10-8-16(9-11-18)15-29(27)23-20(14-25)19(17-5-2-1-3-6-17)13-21(26-23)22-7-4-12-28-22/h1-13H,15H2. The summed E-state index contributed by atoms with van der Waals surface area (Å²) in [5.41, 5.74) is 3.59. The predicted octanol–water partition coefficient (Wildman–Crippen LogP) is 6.31. The van der Waals surface area contributed by atoms with Crippen molar-refractivity contribution in [1.29, 1.82) is 5.26 Å². The molecule has 2 aromatic heterocycles. The lowest BCUT2D eigenvalue weighted by Gasteiger charge is -2.12. The highest BCUT2D eigenvalue weighted by atomic mass is 35.5. The smallest absolute Gasteiger partial charge is 0.146 e. The van der Waals surface area contributed by atoms with Gasteiger partial charge in [0.2, 0.25) is 0 Å². The van der Waals surface area contributed by atoms with Crippen molar-refractivity contribution >= 4 is 33.7 Å². The van der Waals surface area contributed by atoms with E-state index in [9.17, 15) is 9.47 Å². The molecule has 4 rings (SSSR count). The van der Waals surface area contributed by atoms with E-state index in [1.165, 1.54) is 0 Å². The van der Waals surface area contributed by atoms with Gasteiger partial charge in [0, 0.05) is 10.6 Å². The summed E-state index contributed by atoms with van der Waals surface area (Å²) < 4.78 is 13.3. The summed E-state index contributed by atoms with van der Waals surface area (Å²) in [6.45, 7) is 0. The van der Waals surface area contributed by atoms with Crippen molar-refractivity contribution in [2.75, 3.05) is 0 Å². The van der Waals surface area contributed by atoms with Crippen LogP contribution >= 0.6 is 22.9 Å². The third kappa shape index (κ3) is 4.30. The van der Waals surface area contributed by atoms with Gasteiger partial charge in [0.05, 0.1) is 32.7 Å². The van der Waals surface area contributed by atoms with Crippen molar-refractivity contribution in [3.05, 3.63) is 94.3 Å². The van der Waals surface area contributed by atoms with Crippen LogP contribution in [0.3, 0.4) is 0 Å². The zero-order valence-corrected chi connectivity index (χ0v) is 17.6. The molecule has 0 aliphatic carbocycles. The SMILES string of the molecule is N#Cc1c(-c2ccccc2)cc(-c2cccs2)nc1S(=O)Cc1ccc(Cl)cc1. The maximum atomic E-state index is 13.3. The fraction of sp³-hybridized carbons (Fsp3) is 0.0435. The van der Waals surface area contributed by atoms with Gasteiger partial charge in [-0.1, -0.05) is 60.1 Å². The highest BCUT2D eigenvalue weighted by molar-refractivity contribution is 7.84. The molecule has 3 nitrogen and oxygen atoms in total. The molecule has 29 heavy (non-hydrogen) atoms. The lowest BCUT2D eigenvalue weighted by atomic mass is 10.0. The summed E-state index contributed by atoms with van der Waals surface area (Å²) >= 11 is 7.51. The van der Waals surface area contributed by atoms with Crippen molar-refractivity contribution in [2.45, 2.75) is 10.8 Å². The Morgan fingerprint density at radius 1 is 1.03 bits per heavy atom. The molecular formula is C23H15ClN2OS2. The third-order valence-corrected chi connectivity index (χ3v) is 6.85. The van der Waals surface area contributed by atoms with Gasteiger partial charge >= 0.3 is 0 Å². The highest BCUT2D eigenvalue weighted by Crippen LogP contribution is 2.33. The Labute approximate surface area is 180 Å². The summed E-state index contributed by atoms with van der Waals surface area (Å²) in [5, 5.41) is 12.8. The topological polar surface area (TPSA) is 53.8 Å². The lowest BCUT2D eigenvalue weighted by molar-refractivity contribution is 0.679. The molecule has 0 bridgehead atoms. The Hall–Kier alpha value is -2.78. The molecule has 0 fully saturated rings. The lowest BCUT2D eigenvalue weighted by Crippen LogP contribution is -2.05. The van der Waals surface area contributed by atoms with Crippen LogP contribution in [-0.4, -0.2) is 9.19 Å². The van der Waals surface area contributed by atoms with E-state index in [4.69, 9.17) is 11.6 Å². The number of rotatable bonds is 5. The van der Waals surface area contributed by atoms with Gasteiger partial charge in [0.1, 0.15) is 11.1 Å². The van der Waals surface area contributed by atoms with Crippen LogP contribution in [0.5, 0.6) is 0 Å². The Balaban J connectivity index is 1.85. The molecule has 0 radical (unpaired) electrons. The van der Waals surface area contributed by atoms with E-state index in [-0.39, 0.29) is 5.75 Å². The van der Waals surface area contributed by atoms with Crippen LogP contribution < -0.4 is 0 Å². The van der Waals surface area contributed by atoms with E-state index in [1.807, 2.05) is 66.0 Å². The molecule has 6 heteroatoms. The van der Waals surface area contributed by atoms with Crippen molar-refractivity contribution in [3.8, 4) is 27.8 Å². The van der Waals surface area contributed by atoms with Gasteiger partial charge in [-0.05, 0) is 40.8 Å². The van der Waals surface area contributed by atoms with E-state index in [2.05, 4.69) is 11.1 Å². The van der Waals surface area contributed by atoms with Gasteiger partial charge in [-0.25, -0.2) is 4.98 Å². The molecule has 142 valence electrons. The Bertz CT molecular complexity index is 1200. The number of nitrogens with zero attached hydrogens (tertiary/aromatic N) is 2. The van der Waals surface area contributed by atoms with E-state index < -0.39 is 10.8 Å². The van der Waals surface area contributed by atoms with E-state index in [1.54, 1.807) is 23.5 Å². The molecule has 1 atom stereocenters. The number of thiophene rings is 1. The largest absolute Gasteiger partial charge is 0.252 e. The molecule has 1 unspecified atom stereocenters. The first kappa shape index (κ1) is 19.5. The molecule has 0 saturated carbocycles. The summed E-state index contributed by atoms with van der Waals surface area (Å²) in [4.78, 5) is 5.62. The Morgan fingerprint density at radius 3 is 2.45 bits per heavy atom. The fourth-order valence-electron chi connectivity index (χ4n) is 2.99. The quantitative estimate of drug-likeness (QED) is 0.369. The van der Waals surface area contributed by atoms with Crippen molar-refractivity contribution in [3.63, 3.8) is 0 Å². The van der Waals surface area contributed by atoms with Crippen LogP contribution in [-0.2, 0) is 16.6 Å². The van der Waals surface area contributed by atoms with Crippen LogP contribution in [0.15, 0.2) is 83.2 Å². The molecule has 0 aliphatic heterocycles. The first-order chi connectivity index (χ1) is 14.2. The second kappa shape index (κ2) is 8.71. The van der Waals surface area contributed by atoms with Crippen molar-refractivity contribution in [1.82, 2.24) is 4.98 Å². The Morgan fingerprint density at radius 2 is 1.79 bits per heavy atom. The van der Waals surface area contributed by atoms with E-state index >= 15 is 0 Å². The van der Waals surface area contributed by atoms with Gasteiger partial charge < -0.3 is 0 Å². The highest BCUT2D eigenvalue weighted by Gasteiger charge is 2.20. The molecule has 4 aromatic rings. The summed E-state index contributed by atoms with van der Waals surface area (Å²) in [7, 11) is -1.48. The minimum Gasteiger partial charge on any atom is -0.252 e. The van der Waals surface area contributed by atoms with Crippen molar-refractivity contribution in [2.24, 2.45) is 0 Å². The zero-order chi connectivity index (χ0) is 20.2. The van der Waals surface area contributed by atoms with Gasteiger partial charge in [-0.3, -0.25) is 4.21 Å². The molecule has 2 heterocycles. The van der Waals surface area contributed by atoms with E-state index in [0.29, 0.717) is 15.6 Å². The third-order valence-electron chi connectivity index (χ3n) is 4.38. The van der Waals surface area contributed by atoms with Gasteiger partial charge in [0.25, 0.3) is 0 Å². The number of benzene rings is 2. The monoisotopic (exact) mass is 434 g/mol. The number of pyridine rings is 1. The minimum absolute atomic E-state index is 0.265. The molecule has 0 saturated heterocycles. The number of hydrogen-bond donors (Lipinski definition) is 0. The van der Waals surface area contributed by atoms with Crippen LogP contribution in [0.1, 0.15) is 11.1 Å². The zero-order valence-electron chi connectivity index (χ0n) is 15.2. The first-order valence-electron chi connectivity index (χ1n) is 8.83.